The zero-order valence-electron chi connectivity index (χ0n) is 10.6. The third-order valence-corrected chi connectivity index (χ3v) is 4.52. The number of hydrogen-bond acceptors (Lipinski definition) is 5. The molecule has 1 aromatic heterocycles. The highest BCUT2D eigenvalue weighted by atomic mass is 32.2. The van der Waals surface area contributed by atoms with Crippen molar-refractivity contribution in [3.8, 4) is 5.69 Å². The van der Waals surface area contributed by atoms with Gasteiger partial charge >= 0.3 is 0 Å². The van der Waals surface area contributed by atoms with Crippen molar-refractivity contribution in [3.63, 3.8) is 0 Å². The lowest BCUT2D eigenvalue weighted by atomic mass is 10.2. The van der Waals surface area contributed by atoms with Crippen molar-refractivity contribution in [1.82, 2.24) is 20.2 Å². The first-order valence-corrected chi connectivity index (χ1v) is 7.50. The van der Waals surface area contributed by atoms with E-state index in [1.807, 2.05) is 46.8 Å². The van der Waals surface area contributed by atoms with E-state index in [1.165, 1.54) is 0 Å². The number of hydrogen-bond donors (Lipinski definition) is 0. The van der Waals surface area contributed by atoms with E-state index in [9.17, 15) is 0 Å². The van der Waals surface area contributed by atoms with Crippen molar-refractivity contribution >= 4 is 11.8 Å². The van der Waals surface area contributed by atoms with Crippen LogP contribution >= 0.6 is 11.8 Å². The second-order valence-corrected chi connectivity index (χ2v) is 5.75. The van der Waals surface area contributed by atoms with Crippen LogP contribution in [0.5, 0.6) is 0 Å². The Morgan fingerprint density at radius 3 is 2.79 bits per heavy atom. The lowest BCUT2D eigenvalue weighted by Crippen LogP contribution is -2.18. The summed E-state index contributed by atoms with van der Waals surface area (Å²) in [5.41, 5.74) is 1.01. The molecular weight excluding hydrogens is 260 g/mol. The molecule has 19 heavy (non-hydrogen) atoms. The van der Waals surface area contributed by atoms with E-state index in [0.29, 0.717) is 5.25 Å². The number of ether oxygens (including phenoxy) is 1. The molecule has 1 aliphatic heterocycles. The average Bonchev–Trinajstić information content (AvgIpc) is 2.95. The molecule has 5 nitrogen and oxygen atoms in total. The first-order valence-electron chi connectivity index (χ1n) is 6.45. The summed E-state index contributed by atoms with van der Waals surface area (Å²) >= 11 is 1.92. The van der Waals surface area contributed by atoms with Gasteiger partial charge in [-0.3, -0.25) is 0 Å². The molecule has 0 N–H and O–H groups in total. The zero-order valence-corrected chi connectivity index (χ0v) is 11.4. The van der Waals surface area contributed by atoms with Crippen molar-refractivity contribution in [2.45, 2.75) is 23.8 Å². The second-order valence-electron chi connectivity index (χ2n) is 4.47. The second kappa shape index (κ2) is 6.16. The molecule has 0 aliphatic carbocycles. The van der Waals surface area contributed by atoms with Gasteiger partial charge in [0.1, 0.15) is 0 Å². The number of nitrogens with zero attached hydrogens (tertiary/aromatic N) is 4. The molecule has 6 heteroatoms. The van der Waals surface area contributed by atoms with Gasteiger partial charge in [0, 0.05) is 18.5 Å². The predicted octanol–water partition coefficient (Wildman–Crippen LogP) is 2.07. The van der Waals surface area contributed by atoms with Crippen LogP contribution in [0, 0.1) is 0 Å². The molecular formula is C13H16N4OS. The molecule has 0 bridgehead atoms. The van der Waals surface area contributed by atoms with Gasteiger partial charge in [0.25, 0.3) is 0 Å². The molecule has 3 rings (SSSR count). The highest BCUT2D eigenvalue weighted by Gasteiger charge is 2.16. The molecule has 0 amide bonds. The van der Waals surface area contributed by atoms with E-state index in [2.05, 4.69) is 15.5 Å². The fourth-order valence-electron chi connectivity index (χ4n) is 2.10. The minimum Gasteiger partial charge on any atom is -0.381 e. The smallest absolute Gasteiger partial charge is 0.166 e. The van der Waals surface area contributed by atoms with E-state index < -0.39 is 0 Å². The summed E-state index contributed by atoms with van der Waals surface area (Å²) in [5.74, 6) is 1.75. The number of rotatable bonds is 4. The van der Waals surface area contributed by atoms with Gasteiger partial charge in [0.15, 0.2) is 5.82 Å². The Labute approximate surface area is 116 Å². The quantitative estimate of drug-likeness (QED) is 0.855. The fraction of sp³-hybridized carbons (Fsp3) is 0.462. The summed E-state index contributed by atoms with van der Waals surface area (Å²) in [5, 5.41) is 12.6. The number of para-hydroxylation sites is 1. The molecule has 1 aliphatic rings. The minimum atomic E-state index is 0.662. The van der Waals surface area contributed by atoms with Crippen LogP contribution in [0.1, 0.15) is 18.7 Å². The summed E-state index contributed by atoms with van der Waals surface area (Å²) in [4.78, 5) is 0. The third kappa shape index (κ3) is 3.13. The van der Waals surface area contributed by atoms with E-state index in [-0.39, 0.29) is 0 Å². The molecule has 0 radical (unpaired) electrons. The van der Waals surface area contributed by atoms with Crippen molar-refractivity contribution in [2.24, 2.45) is 0 Å². The highest BCUT2D eigenvalue weighted by Crippen LogP contribution is 2.25. The Hall–Kier alpha value is -1.40. The van der Waals surface area contributed by atoms with Crippen LogP contribution in [-0.4, -0.2) is 38.7 Å². The number of benzene rings is 1. The predicted molar refractivity (Wildman–Crippen MR) is 74.3 cm³/mol. The summed E-state index contributed by atoms with van der Waals surface area (Å²) in [6.45, 7) is 1.75. The van der Waals surface area contributed by atoms with Gasteiger partial charge in [-0.1, -0.05) is 18.2 Å². The van der Waals surface area contributed by atoms with Crippen molar-refractivity contribution in [3.05, 3.63) is 36.2 Å². The van der Waals surface area contributed by atoms with Crippen LogP contribution in [-0.2, 0) is 10.5 Å². The third-order valence-electron chi connectivity index (χ3n) is 3.15. The van der Waals surface area contributed by atoms with Crippen molar-refractivity contribution in [2.75, 3.05) is 13.2 Å². The Kier molecular flexibility index (Phi) is 4.10. The first-order chi connectivity index (χ1) is 9.43. The van der Waals surface area contributed by atoms with Gasteiger partial charge in [0.05, 0.1) is 11.4 Å². The highest BCUT2D eigenvalue weighted by molar-refractivity contribution is 7.99. The van der Waals surface area contributed by atoms with E-state index >= 15 is 0 Å². The van der Waals surface area contributed by atoms with Crippen molar-refractivity contribution in [1.29, 1.82) is 0 Å². The van der Waals surface area contributed by atoms with Crippen LogP contribution in [0.25, 0.3) is 5.69 Å². The molecule has 0 saturated carbocycles. The number of aromatic nitrogens is 4. The van der Waals surface area contributed by atoms with Gasteiger partial charge in [-0.05, 0) is 35.4 Å². The van der Waals surface area contributed by atoms with Gasteiger partial charge in [-0.15, -0.1) is 5.10 Å². The Morgan fingerprint density at radius 2 is 2.00 bits per heavy atom. The van der Waals surface area contributed by atoms with Crippen molar-refractivity contribution < 1.29 is 4.74 Å². The Morgan fingerprint density at radius 1 is 1.21 bits per heavy atom. The lowest BCUT2D eigenvalue weighted by Gasteiger charge is -2.21. The summed E-state index contributed by atoms with van der Waals surface area (Å²) in [6, 6.07) is 10.0. The minimum absolute atomic E-state index is 0.662. The molecule has 0 spiro atoms. The Bertz CT molecular complexity index is 510. The van der Waals surface area contributed by atoms with Gasteiger partial charge in [-0.25, -0.2) is 0 Å². The molecule has 2 heterocycles. The van der Waals surface area contributed by atoms with E-state index in [4.69, 9.17) is 4.74 Å². The van der Waals surface area contributed by atoms with Crippen LogP contribution in [0.4, 0.5) is 0 Å². The average molecular weight is 276 g/mol. The largest absolute Gasteiger partial charge is 0.381 e. The summed E-state index contributed by atoms with van der Waals surface area (Å²) in [6.07, 6.45) is 2.25. The van der Waals surface area contributed by atoms with Crippen LogP contribution in [0.15, 0.2) is 30.3 Å². The molecule has 0 atom stereocenters. The molecule has 100 valence electrons. The molecule has 2 aromatic rings. The number of thioether (sulfide) groups is 1. The monoisotopic (exact) mass is 276 g/mol. The standard InChI is InChI=1S/C13H16N4OS/c1-2-4-11(5-3-1)17-13(14-15-16-17)10-19-12-6-8-18-9-7-12/h1-5,12H,6-10H2. The molecule has 1 saturated heterocycles. The van der Waals surface area contributed by atoms with Gasteiger partial charge in [-0.2, -0.15) is 16.4 Å². The van der Waals surface area contributed by atoms with Gasteiger partial charge in [0.2, 0.25) is 0 Å². The van der Waals surface area contributed by atoms with E-state index in [0.717, 1.165) is 43.3 Å². The van der Waals surface area contributed by atoms with Gasteiger partial charge < -0.3 is 4.74 Å². The molecule has 1 aromatic carbocycles. The molecule has 0 unspecified atom stereocenters. The Balaban J connectivity index is 1.67. The SMILES string of the molecule is c1ccc(-n2nnnc2CSC2CCOCC2)cc1. The van der Waals surface area contributed by atoms with Crippen LogP contribution < -0.4 is 0 Å². The summed E-state index contributed by atoms with van der Waals surface area (Å²) < 4.78 is 7.18. The fourth-order valence-corrected chi connectivity index (χ4v) is 3.19. The zero-order chi connectivity index (χ0) is 12.9. The van der Waals surface area contributed by atoms with Crippen LogP contribution in [0.3, 0.4) is 0 Å². The topological polar surface area (TPSA) is 52.8 Å². The summed E-state index contributed by atoms with van der Waals surface area (Å²) in [7, 11) is 0. The normalized spacial score (nSPS) is 16.6. The molecule has 1 fully saturated rings. The maximum atomic E-state index is 5.37. The maximum absolute atomic E-state index is 5.37. The number of tetrazole rings is 1. The first kappa shape index (κ1) is 12.6. The van der Waals surface area contributed by atoms with E-state index in [1.54, 1.807) is 0 Å². The maximum Gasteiger partial charge on any atom is 0.166 e. The lowest BCUT2D eigenvalue weighted by molar-refractivity contribution is 0.1000. The van der Waals surface area contributed by atoms with Crippen LogP contribution in [0.2, 0.25) is 0 Å².